The van der Waals surface area contributed by atoms with Gasteiger partial charge in [-0.25, -0.2) is 15.0 Å². The molecule has 0 bridgehead atoms. The van der Waals surface area contributed by atoms with Gasteiger partial charge in [0.25, 0.3) is 5.91 Å². The maximum atomic E-state index is 11.5. The van der Waals surface area contributed by atoms with Crippen molar-refractivity contribution in [2.24, 2.45) is 0 Å². The monoisotopic (exact) mass is 278 g/mol. The third-order valence-electron chi connectivity index (χ3n) is 2.15. The third-order valence-corrected chi connectivity index (χ3v) is 2.15. The fourth-order valence-electron chi connectivity index (χ4n) is 1.28. The zero-order valence-corrected chi connectivity index (χ0v) is 10.8. The van der Waals surface area contributed by atoms with Gasteiger partial charge in [0.05, 0.1) is 6.61 Å². The number of carbonyl (C=O) groups is 3. The van der Waals surface area contributed by atoms with Crippen molar-refractivity contribution in [2.75, 3.05) is 6.61 Å². The number of carbonyl (C=O) groups excluding carboxylic acids is 2. The zero-order valence-electron chi connectivity index (χ0n) is 10.8. The second-order valence-electron chi connectivity index (χ2n) is 3.59. The van der Waals surface area contributed by atoms with E-state index in [9.17, 15) is 14.4 Å². The van der Waals surface area contributed by atoms with E-state index >= 15 is 0 Å². The van der Waals surface area contributed by atoms with Crippen LogP contribution in [0.4, 0.5) is 4.79 Å². The van der Waals surface area contributed by atoms with Crippen LogP contribution >= 0.6 is 0 Å². The van der Waals surface area contributed by atoms with Gasteiger partial charge in [0.1, 0.15) is 0 Å². The van der Waals surface area contributed by atoms with Crippen molar-refractivity contribution >= 4 is 24.0 Å². The lowest BCUT2D eigenvalue weighted by atomic mass is 10.1. The van der Waals surface area contributed by atoms with Gasteiger partial charge in [-0.15, -0.1) is 0 Å². The fourth-order valence-corrected chi connectivity index (χ4v) is 1.28. The van der Waals surface area contributed by atoms with Gasteiger partial charge in [-0.1, -0.05) is 12.1 Å². The molecule has 0 fully saturated rings. The molecule has 7 nitrogen and oxygen atoms in total. The maximum Gasteiger partial charge on any atom is 0.423 e. The highest BCUT2D eigenvalue weighted by molar-refractivity contribution is 5.95. The first-order chi connectivity index (χ1) is 9.52. The highest BCUT2D eigenvalue weighted by atomic mass is 16.5. The average Bonchev–Trinajstić information content (AvgIpc) is 2.43. The predicted octanol–water partition coefficient (Wildman–Crippen LogP) is 1.18. The number of esters is 1. The number of rotatable bonds is 4. The molecule has 1 rings (SSSR count). The first-order valence-corrected chi connectivity index (χ1v) is 5.77. The van der Waals surface area contributed by atoms with E-state index in [-0.39, 0.29) is 5.56 Å². The molecule has 1 aromatic rings. The molecule has 0 aliphatic carbocycles. The molecular formula is C13H14N2O5. The Balaban J connectivity index is 2.62. The van der Waals surface area contributed by atoms with E-state index in [1.165, 1.54) is 18.2 Å². The largest absolute Gasteiger partial charge is 0.464 e. The second-order valence-corrected chi connectivity index (χ2v) is 3.59. The van der Waals surface area contributed by atoms with Crippen molar-refractivity contribution in [2.45, 2.75) is 6.92 Å². The van der Waals surface area contributed by atoms with Crippen molar-refractivity contribution in [3.63, 3.8) is 0 Å². The van der Waals surface area contributed by atoms with Gasteiger partial charge in [-0.05, 0) is 30.7 Å². The molecular weight excluding hydrogens is 264 g/mol. The molecule has 3 N–H and O–H groups in total. The summed E-state index contributed by atoms with van der Waals surface area (Å²) in [6.45, 7) is 2.02. The van der Waals surface area contributed by atoms with Crippen LogP contribution in [0.15, 0.2) is 30.3 Å². The number of carboxylic acid groups (broad SMARTS) is 1. The smallest absolute Gasteiger partial charge is 0.423 e. The molecule has 1 aromatic carbocycles. The quantitative estimate of drug-likeness (QED) is 0.435. The number of nitrogens with one attached hydrogen (secondary N) is 2. The van der Waals surface area contributed by atoms with E-state index < -0.39 is 18.0 Å². The zero-order chi connectivity index (χ0) is 15.0. The van der Waals surface area contributed by atoms with Crippen LogP contribution in [-0.4, -0.2) is 29.7 Å². The number of hydrogen-bond acceptors (Lipinski definition) is 4. The summed E-state index contributed by atoms with van der Waals surface area (Å²) >= 11 is 0. The molecule has 106 valence electrons. The topological polar surface area (TPSA) is 105 Å². The van der Waals surface area contributed by atoms with Crippen LogP contribution < -0.4 is 10.9 Å². The molecule has 0 aliphatic rings. The molecule has 2 amide bonds. The number of amides is 2. The number of hydrogen-bond donors (Lipinski definition) is 3. The Labute approximate surface area is 115 Å². The average molecular weight is 278 g/mol. The van der Waals surface area contributed by atoms with Crippen molar-refractivity contribution in [3.8, 4) is 0 Å². The van der Waals surface area contributed by atoms with E-state index in [1.54, 1.807) is 30.6 Å². The van der Waals surface area contributed by atoms with Gasteiger partial charge in [-0.3, -0.25) is 10.2 Å². The molecule has 0 atom stereocenters. The van der Waals surface area contributed by atoms with Crippen LogP contribution in [0.25, 0.3) is 6.08 Å². The number of ether oxygens (including phenoxy) is 1. The van der Waals surface area contributed by atoms with Gasteiger partial charge in [0, 0.05) is 11.6 Å². The predicted molar refractivity (Wildman–Crippen MR) is 70.7 cm³/mol. The van der Waals surface area contributed by atoms with Gasteiger partial charge < -0.3 is 9.84 Å². The van der Waals surface area contributed by atoms with E-state index in [1.807, 2.05) is 5.43 Å². The minimum atomic E-state index is -1.35. The highest BCUT2D eigenvalue weighted by Gasteiger charge is 2.05. The van der Waals surface area contributed by atoms with Gasteiger partial charge in [0.15, 0.2) is 0 Å². The van der Waals surface area contributed by atoms with Crippen LogP contribution in [0.3, 0.4) is 0 Å². The normalized spacial score (nSPS) is 10.1. The van der Waals surface area contributed by atoms with Crippen LogP contribution in [0.5, 0.6) is 0 Å². The molecule has 20 heavy (non-hydrogen) atoms. The van der Waals surface area contributed by atoms with E-state index in [4.69, 9.17) is 9.84 Å². The third kappa shape index (κ3) is 5.21. The van der Waals surface area contributed by atoms with Crippen molar-refractivity contribution < 1.29 is 24.2 Å². The lowest BCUT2D eigenvalue weighted by Gasteiger charge is -2.04. The summed E-state index contributed by atoms with van der Waals surface area (Å²) in [6, 6.07) is 6.24. The molecule has 0 spiro atoms. The summed E-state index contributed by atoms with van der Waals surface area (Å²) in [5, 5.41) is 8.34. The number of hydrazine groups is 1. The second kappa shape index (κ2) is 7.57. The summed E-state index contributed by atoms with van der Waals surface area (Å²) in [5.74, 6) is -1.02. The number of benzene rings is 1. The van der Waals surface area contributed by atoms with Crippen LogP contribution in [-0.2, 0) is 9.53 Å². The fraction of sp³-hybridized carbons (Fsp3) is 0.154. The highest BCUT2D eigenvalue weighted by Crippen LogP contribution is 2.06. The van der Waals surface area contributed by atoms with Crippen LogP contribution in [0.2, 0.25) is 0 Å². The van der Waals surface area contributed by atoms with Crippen molar-refractivity contribution in [1.82, 2.24) is 10.9 Å². The summed E-state index contributed by atoms with van der Waals surface area (Å²) in [6.07, 6.45) is 1.48. The summed E-state index contributed by atoms with van der Waals surface area (Å²) in [7, 11) is 0. The van der Waals surface area contributed by atoms with E-state index in [0.717, 1.165) is 0 Å². The minimum Gasteiger partial charge on any atom is -0.464 e. The first kappa shape index (κ1) is 15.2. The standard InChI is InChI=1S/C13H14N2O5/c1-2-20-11(16)8-5-9-3-6-10(7-4-9)12(17)14-15-13(18)19/h3-8,15H,2H2,1H3,(H,14,17)(H,18,19). The lowest BCUT2D eigenvalue weighted by molar-refractivity contribution is -0.137. The molecule has 0 unspecified atom stereocenters. The van der Waals surface area contributed by atoms with E-state index in [0.29, 0.717) is 12.2 Å². The molecule has 7 heteroatoms. The van der Waals surface area contributed by atoms with E-state index in [2.05, 4.69) is 0 Å². The SMILES string of the molecule is CCOC(=O)C=Cc1ccc(C(=O)NNC(=O)O)cc1. The molecule has 0 saturated heterocycles. The molecule has 0 saturated carbocycles. The molecule has 0 aliphatic heterocycles. The Hall–Kier alpha value is -2.83. The molecule has 0 heterocycles. The maximum absolute atomic E-state index is 11.5. The Morgan fingerprint density at radius 3 is 2.40 bits per heavy atom. The van der Waals surface area contributed by atoms with Crippen molar-refractivity contribution in [1.29, 1.82) is 0 Å². The molecule has 0 aromatic heterocycles. The Morgan fingerprint density at radius 1 is 1.20 bits per heavy atom. The first-order valence-electron chi connectivity index (χ1n) is 5.77. The summed E-state index contributed by atoms with van der Waals surface area (Å²) in [4.78, 5) is 32.8. The Kier molecular flexibility index (Phi) is 5.76. The Morgan fingerprint density at radius 2 is 1.85 bits per heavy atom. The van der Waals surface area contributed by atoms with Gasteiger partial charge >= 0.3 is 12.1 Å². The van der Waals surface area contributed by atoms with Crippen molar-refractivity contribution in [3.05, 3.63) is 41.5 Å². The van der Waals surface area contributed by atoms with Crippen LogP contribution in [0, 0.1) is 0 Å². The Bertz CT molecular complexity index is 522. The lowest BCUT2D eigenvalue weighted by Crippen LogP contribution is -2.40. The van der Waals surface area contributed by atoms with Crippen LogP contribution in [0.1, 0.15) is 22.8 Å². The minimum absolute atomic E-state index is 0.284. The van der Waals surface area contributed by atoms with Gasteiger partial charge in [-0.2, -0.15) is 0 Å². The summed E-state index contributed by atoms with van der Waals surface area (Å²) < 4.78 is 4.73. The van der Waals surface area contributed by atoms with Gasteiger partial charge in [0.2, 0.25) is 0 Å². The molecule has 0 radical (unpaired) electrons. The summed E-state index contributed by atoms with van der Waals surface area (Å²) in [5.41, 5.74) is 4.75.